The number of hydrogen-bond acceptors (Lipinski definition) is 2. The summed E-state index contributed by atoms with van der Waals surface area (Å²) in [6, 6.07) is 1.80. The van der Waals surface area contributed by atoms with Gasteiger partial charge in [-0.15, -0.1) is 0 Å². The van der Waals surface area contributed by atoms with Gasteiger partial charge in [-0.2, -0.15) is 0 Å². The number of carbonyl (C=O) groups excluding carboxylic acids is 1. The van der Waals surface area contributed by atoms with E-state index in [1.165, 1.54) is 6.42 Å². The Morgan fingerprint density at radius 2 is 2.38 bits per heavy atom. The molecule has 0 atom stereocenters. The highest BCUT2D eigenvalue weighted by Crippen LogP contribution is 2.28. The molecule has 0 unspecified atom stereocenters. The van der Waals surface area contributed by atoms with Crippen LogP contribution >= 0.6 is 15.9 Å². The highest BCUT2D eigenvalue weighted by atomic mass is 79.9. The first kappa shape index (κ1) is 11.7. The van der Waals surface area contributed by atoms with Gasteiger partial charge in [0.25, 0.3) is 5.91 Å². The van der Waals surface area contributed by atoms with Crippen LogP contribution in [0, 0.1) is 0 Å². The molecule has 4 nitrogen and oxygen atoms in total. The van der Waals surface area contributed by atoms with E-state index in [1.807, 2.05) is 13.2 Å². The van der Waals surface area contributed by atoms with Crippen molar-refractivity contribution in [2.24, 2.45) is 12.8 Å². The molecule has 0 radical (unpaired) electrons. The summed E-state index contributed by atoms with van der Waals surface area (Å²) in [6.45, 7) is 0.564. The Morgan fingerprint density at radius 1 is 1.69 bits per heavy atom. The molecule has 0 aromatic carbocycles. The number of nitrogens with one attached hydrogen (secondary N) is 1. The van der Waals surface area contributed by atoms with Crippen LogP contribution in [0.2, 0.25) is 0 Å². The molecule has 1 fully saturated rings. The van der Waals surface area contributed by atoms with Crippen molar-refractivity contribution in [3.8, 4) is 0 Å². The van der Waals surface area contributed by atoms with Gasteiger partial charge in [-0.25, -0.2) is 0 Å². The van der Waals surface area contributed by atoms with Crippen molar-refractivity contribution in [1.29, 1.82) is 0 Å². The van der Waals surface area contributed by atoms with Crippen LogP contribution in [0.1, 0.15) is 29.8 Å². The minimum Gasteiger partial charge on any atom is -0.349 e. The standard InChI is InChI=1S/C11H16BrN3O/c1-15-6-8(12)5-9(15)10(16)14-7-11(13)3-2-4-11/h5-6H,2-4,7,13H2,1H3,(H,14,16). The largest absolute Gasteiger partial charge is 0.349 e. The van der Waals surface area contributed by atoms with E-state index in [9.17, 15) is 4.79 Å². The fraction of sp³-hybridized carbons (Fsp3) is 0.545. The van der Waals surface area contributed by atoms with Crippen LogP contribution in [0.15, 0.2) is 16.7 Å². The zero-order valence-electron chi connectivity index (χ0n) is 9.29. The molecule has 2 rings (SSSR count). The average Bonchev–Trinajstić information content (AvgIpc) is 2.51. The zero-order valence-corrected chi connectivity index (χ0v) is 10.9. The maximum absolute atomic E-state index is 11.9. The lowest BCUT2D eigenvalue weighted by Crippen LogP contribution is -2.55. The van der Waals surface area contributed by atoms with E-state index in [0.717, 1.165) is 17.3 Å². The van der Waals surface area contributed by atoms with E-state index in [1.54, 1.807) is 10.6 Å². The fourth-order valence-electron chi connectivity index (χ4n) is 1.90. The Bertz CT molecular complexity index is 409. The summed E-state index contributed by atoms with van der Waals surface area (Å²) in [5.74, 6) is -0.0649. The maximum Gasteiger partial charge on any atom is 0.267 e. The van der Waals surface area contributed by atoms with Gasteiger partial charge in [0.15, 0.2) is 0 Å². The van der Waals surface area contributed by atoms with Gasteiger partial charge in [-0.05, 0) is 41.3 Å². The second-order valence-electron chi connectivity index (χ2n) is 4.55. The second kappa shape index (κ2) is 4.22. The van der Waals surface area contributed by atoms with Gasteiger partial charge >= 0.3 is 0 Å². The molecule has 88 valence electrons. The molecule has 0 bridgehead atoms. The van der Waals surface area contributed by atoms with Gasteiger partial charge < -0.3 is 15.6 Å². The third-order valence-electron chi connectivity index (χ3n) is 3.15. The highest BCUT2D eigenvalue weighted by molar-refractivity contribution is 9.10. The number of hydrogen-bond donors (Lipinski definition) is 2. The van der Waals surface area contributed by atoms with E-state index in [2.05, 4.69) is 21.2 Å². The molecule has 1 heterocycles. The number of rotatable bonds is 3. The molecular weight excluding hydrogens is 270 g/mol. The van der Waals surface area contributed by atoms with Crippen molar-refractivity contribution in [3.05, 3.63) is 22.4 Å². The third kappa shape index (κ3) is 2.30. The van der Waals surface area contributed by atoms with Gasteiger partial charge in [0.1, 0.15) is 5.69 Å². The van der Waals surface area contributed by atoms with E-state index < -0.39 is 0 Å². The number of aromatic nitrogens is 1. The summed E-state index contributed by atoms with van der Waals surface area (Å²) in [6.07, 6.45) is 5.03. The molecule has 16 heavy (non-hydrogen) atoms. The van der Waals surface area contributed by atoms with Crippen molar-refractivity contribution in [2.45, 2.75) is 24.8 Å². The van der Waals surface area contributed by atoms with Crippen molar-refractivity contribution in [2.75, 3.05) is 6.54 Å². The molecule has 0 aliphatic heterocycles. The fourth-order valence-corrected chi connectivity index (χ4v) is 2.43. The molecule has 1 aliphatic carbocycles. The SMILES string of the molecule is Cn1cc(Br)cc1C(=O)NCC1(N)CCC1. The molecule has 5 heteroatoms. The van der Waals surface area contributed by atoms with Gasteiger partial charge in [-0.3, -0.25) is 4.79 Å². The minimum atomic E-state index is -0.169. The Morgan fingerprint density at radius 3 is 2.81 bits per heavy atom. The zero-order chi connectivity index (χ0) is 11.8. The first-order valence-corrected chi connectivity index (χ1v) is 6.18. The Hall–Kier alpha value is -0.810. The summed E-state index contributed by atoms with van der Waals surface area (Å²) < 4.78 is 2.70. The van der Waals surface area contributed by atoms with Crippen molar-refractivity contribution in [3.63, 3.8) is 0 Å². The molecular formula is C11H16BrN3O. The van der Waals surface area contributed by atoms with E-state index >= 15 is 0 Å². The quantitative estimate of drug-likeness (QED) is 0.882. The van der Waals surface area contributed by atoms with E-state index in [4.69, 9.17) is 5.73 Å². The normalized spacial score (nSPS) is 17.9. The summed E-state index contributed by atoms with van der Waals surface area (Å²) in [7, 11) is 1.85. The van der Waals surface area contributed by atoms with Gasteiger partial charge in [0.2, 0.25) is 0 Å². The number of nitrogens with two attached hydrogens (primary N) is 1. The smallest absolute Gasteiger partial charge is 0.267 e. The van der Waals surface area contributed by atoms with Crippen LogP contribution in [0.5, 0.6) is 0 Å². The van der Waals surface area contributed by atoms with Crippen molar-refractivity contribution < 1.29 is 4.79 Å². The summed E-state index contributed by atoms with van der Waals surface area (Å²) >= 11 is 3.34. The molecule has 0 spiro atoms. The van der Waals surface area contributed by atoms with Crippen molar-refractivity contribution >= 4 is 21.8 Å². The van der Waals surface area contributed by atoms with Gasteiger partial charge in [0.05, 0.1) is 0 Å². The Labute approximate surface area is 103 Å². The lowest BCUT2D eigenvalue weighted by molar-refractivity contribution is 0.0921. The topological polar surface area (TPSA) is 60.0 Å². The molecule has 1 aromatic rings. The van der Waals surface area contributed by atoms with Crippen LogP contribution in [0.3, 0.4) is 0 Å². The Kier molecular flexibility index (Phi) is 3.08. The van der Waals surface area contributed by atoms with Crippen LogP contribution in [-0.2, 0) is 7.05 Å². The van der Waals surface area contributed by atoms with Crippen LogP contribution in [-0.4, -0.2) is 22.6 Å². The van der Waals surface area contributed by atoms with Crippen LogP contribution in [0.4, 0.5) is 0 Å². The molecule has 3 N–H and O–H groups in total. The average molecular weight is 286 g/mol. The lowest BCUT2D eigenvalue weighted by atomic mass is 9.78. The molecule has 1 aliphatic rings. The number of aryl methyl sites for hydroxylation is 1. The maximum atomic E-state index is 11.9. The van der Waals surface area contributed by atoms with Crippen LogP contribution < -0.4 is 11.1 Å². The number of halogens is 1. The number of nitrogens with zero attached hydrogens (tertiary/aromatic N) is 1. The predicted octanol–water partition coefficient (Wildman–Crippen LogP) is 1.40. The predicted molar refractivity (Wildman–Crippen MR) is 66.2 cm³/mol. The van der Waals surface area contributed by atoms with E-state index in [0.29, 0.717) is 12.2 Å². The molecule has 0 saturated heterocycles. The first-order valence-electron chi connectivity index (χ1n) is 5.39. The number of amides is 1. The third-order valence-corrected chi connectivity index (χ3v) is 3.59. The van der Waals surface area contributed by atoms with Gasteiger partial charge in [0, 0.05) is 29.8 Å². The summed E-state index contributed by atoms with van der Waals surface area (Å²) in [5, 5.41) is 2.89. The molecule has 1 aromatic heterocycles. The summed E-state index contributed by atoms with van der Waals surface area (Å²) in [4.78, 5) is 11.9. The van der Waals surface area contributed by atoms with Crippen molar-refractivity contribution in [1.82, 2.24) is 9.88 Å². The minimum absolute atomic E-state index is 0.0649. The molecule has 1 saturated carbocycles. The monoisotopic (exact) mass is 285 g/mol. The first-order chi connectivity index (χ1) is 7.50. The molecule has 1 amide bonds. The van der Waals surface area contributed by atoms with Gasteiger partial charge in [-0.1, -0.05) is 0 Å². The number of carbonyl (C=O) groups is 1. The highest BCUT2D eigenvalue weighted by Gasteiger charge is 2.32. The van der Waals surface area contributed by atoms with Crippen LogP contribution in [0.25, 0.3) is 0 Å². The Balaban J connectivity index is 1.95. The van der Waals surface area contributed by atoms with E-state index in [-0.39, 0.29) is 11.4 Å². The summed E-state index contributed by atoms with van der Waals surface area (Å²) in [5.41, 5.74) is 6.52. The lowest BCUT2D eigenvalue weighted by Gasteiger charge is -2.38. The second-order valence-corrected chi connectivity index (χ2v) is 5.47.